The summed E-state index contributed by atoms with van der Waals surface area (Å²) in [4.78, 5) is 28.7. The van der Waals surface area contributed by atoms with E-state index in [2.05, 4.69) is 33.6 Å². The van der Waals surface area contributed by atoms with E-state index in [4.69, 9.17) is 0 Å². The quantitative estimate of drug-likeness (QED) is 0.797. The standard InChI is InChI=1S/C19H26N4OS2/c1-14-17(26-15(2)21-14)12-22-8-3-5-19(7-9-22)6-4-18(24)23(19)11-16-10-20-13-25-16/h10,13H,3-9,11-12H2,1-2H3/t19-/m1/s1. The molecule has 1 amide bonds. The van der Waals surface area contributed by atoms with Gasteiger partial charge < -0.3 is 4.90 Å². The molecule has 0 aliphatic carbocycles. The lowest BCUT2D eigenvalue weighted by Crippen LogP contribution is -2.45. The molecule has 2 aromatic heterocycles. The fourth-order valence-corrected chi connectivity index (χ4v) is 6.00. The Kier molecular flexibility index (Phi) is 5.12. The van der Waals surface area contributed by atoms with Crippen molar-refractivity contribution >= 4 is 28.6 Å². The average Bonchev–Trinajstić information content (AvgIpc) is 3.26. The van der Waals surface area contributed by atoms with Gasteiger partial charge in [-0.2, -0.15) is 0 Å². The van der Waals surface area contributed by atoms with Gasteiger partial charge in [0.25, 0.3) is 0 Å². The first kappa shape index (κ1) is 18.1. The second-order valence-electron chi connectivity index (χ2n) is 7.54. The van der Waals surface area contributed by atoms with Crippen LogP contribution in [0, 0.1) is 13.8 Å². The smallest absolute Gasteiger partial charge is 0.223 e. The first-order valence-electron chi connectivity index (χ1n) is 9.39. The molecule has 140 valence electrons. The molecule has 2 aliphatic heterocycles. The van der Waals surface area contributed by atoms with Crippen LogP contribution in [0.5, 0.6) is 0 Å². The molecule has 1 atom stereocenters. The van der Waals surface area contributed by atoms with Gasteiger partial charge in [-0.15, -0.1) is 22.7 Å². The molecule has 2 fully saturated rings. The molecule has 0 aromatic carbocycles. The topological polar surface area (TPSA) is 49.3 Å². The maximum atomic E-state index is 12.6. The second kappa shape index (κ2) is 7.37. The Morgan fingerprint density at radius 3 is 2.81 bits per heavy atom. The van der Waals surface area contributed by atoms with Gasteiger partial charge in [0, 0.05) is 41.0 Å². The Hall–Kier alpha value is -1.31. The van der Waals surface area contributed by atoms with Crippen LogP contribution < -0.4 is 0 Å². The first-order valence-corrected chi connectivity index (χ1v) is 11.1. The molecule has 0 radical (unpaired) electrons. The van der Waals surface area contributed by atoms with E-state index in [1.165, 1.54) is 15.4 Å². The number of likely N-dealkylation sites (tertiary alicyclic amines) is 2. The van der Waals surface area contributed by atoms with Crippen molar-refractivity contribution < 1.29 is 4.79 Å². The molecular weight excluding hydrogens is 364 g/mol. The number of hydrogen-bond donors (Lipinski definition) is 0. The third-order valence-electron chi connectivity index (χ3n) is 5.85. The summed E-state index contributed by atoms with van der Waals surface area (Å²) in [5.74, 6) is 0.320. The van der Waals surface area contributed by atoms with Crippen LogP contribution in [-0.4, -0.2) is 44.3 Å². The highest BCUT2D eigenvalue weighted by atomic mass is 32.1. The Bertz CT molecular complexity index is 773. The van der Waals surface area contributed by atoms with Crippen LogP contribution in [-0.2, 0) is 17.9 Å². The lowest BCUT2D eigenvalue weighted by atomic mass is 9.87. The van der Waals surface area contributed by atoms with E-state index in [9.17, 15) is 4.79 Å². The van der Waals surface area contributed by atoms with E-state index in [1.807, 2.05) is 23.0 Å². The van der Waals surface area contributed by atoms with Crippen molar-refractivity contribution in [1.82, 2.24) is 19.8 Å². The monoisotopic (exact) mass is 390 g/mol. The van der Waals surface area contributed by atoms with Gasteiger partial charge in [0.15, 0.2) is 0 Å². The highest BCUT2D eigenvalue weighted by molar-refractivity contribution is 7.11. The number of carbonyl (C=O) groups is 1. The molecule has 1 spiro atoms. The minimum absolute atomic E-state index is 0.0501. The summed E-state index contributed by atoms with van der Waals surface area (Å²) in [5.41, 5.74) is 3.08. The number of rotatable bonds is 4. The van der Waals surface area contributed by atoms with Crippen LogP contribution in [0.3, 0.4) is 0 Å². The van der Waals surface area contributed by atoms with Crippen molar-refractivity contribution in [3.8, 4) is 0 Å². The largest absolute Gasteiger partial charge is 0.332 e. The summed E-state index contributed by atoms with van der Waals surface area (Å²) in [6.45, 7) is 8.10. The van der Waals surface area contributed by atoms with Gasteiger partial charge in [-0.25, -0.2) is 4.98 Å². The molecule has 0 saturated carbocycles. The minimum atomic E-state index is 0.0501. The molecule has 4 rings (SSSR count). The number of nitrogens with zero attached hydrogens (tertiary/aromatic N) is 4. The predicted molar refractivity (Wildman–Crippen MR) is 105 cm³/mol. The number of amides is 1. The molecular formula is C19H26N4OS2. The zero-order valence-corrected chi connectivity index (χ0v) is 17.2. The number of aromatic nitrogens is 2. The summed E-state index contributed by atoms with van der Waals surface area (Å²) in [7, 11) is 0. The number of hydrogen-bond acceptors (Lipinski definition) is 6. The van der Waals surface area contributed by atoms with Crippen LogP contribution in [0.2, 0.25) is 0 Å². The third-order valence-corrected chi connectivity index (χ3v) is 7.67. The fourth-order valence-electron chi connectivity index (χ4n) is 4.44. The Morgan fingerprint density at radius 2 is 2.08 bits per heavy atom. The maximum Gasteiger partial charge on any atom is 0.223 e. The van der Waals surface area contributed by atoms with E-state index >= 15 is 0 Å². The predicted octanol–water partition coefficient (Wildman–Crippen LogP) is 3.76. The van der Waals surface area contributed by atoms with Crippen molar-refractivity contribution in [1.29, 1.82) is 0 Å². The second-order valence-corrected chi connectivity index (χ2v) is 9.80. The Morgan fingerprint density at radius 1 is 1.19 bits per heavy atom. The van der Waals surface area contributed by atoms with Gasteiger partial charge >= 0.3 is 0 Å². The van der Waals surface area contributed by atoms with E-state index < -0.39 is 0 Å². The van der Waals surface area contributed by atoms with Gasteiger partial charge in [-0.3, -0.25) is 14.7 Å². The molecule has 0 bridgehead atoms. The number of aryl methyl sites for hydroxylation is 2. The maximum absolute atomic E-state index is 12.6. The summed E-state index contributed by atoms with van der Waals surface area (Å²) in [5, 5.41) is 1.15. The van der Waals surface area contributed by atoms with Crippen LogP contribution >= 0.6 is 22.7 Å². The van der Waals surface area contributed by atoms with E-state index in [-0.39, 0.29) is 5.54 Å². The lowest BCUT2D eigenvalue weighted by molar-refractivity contribution is -0.132. The van der Waals surface area contributed by atoms with Crippen LogP contribution in [0.15, 0.2) is 11.7 Å². The minimum Gasteiger partial charge on any atom is -0.332 e. The van der Waals surface area contributed by atoms with E-state index in [0.29, 0.717) is 12.3 Å². The van der Waals surface area contributed by atoms with Crippen LogP contribution in [0.4, 0.5) is 0 Å². The molecule has 7 heteroatoms. The van der Waals surface area contributed by atoms with Gasteiger partial charge in [0.2, 0.25) is 5.91 Å². The Labute approximate surface area is 163 Å². The van der Waals surface area contributed by atoms with Gasteiger partial charge in [-0.05, 0) is 46.1 Å². The molecule has 26 heavy (non-hydrogen) atoms. The average molecular weight is 391 g/mol. The molecule has 2 aliphatic rings. The van der Waals surface area contributed by atoms with E-state index in [0.717, 1.165) is 56.9 Å². The summed E-state index contributed by atoms with van der Waals surface area (Å²) in [6.07, 6.45) is 6.97. The number of carbonyl (C=O) groups excluding carboxylic acids is 1. The fraction of sp³-hybridized carbons (Fsp3) is 0.632. The van der Waals surface area contributed by atoms with Crippen LogP contribution in [0.1, 0.15) is 52.6 Å². The highest BCUT2D eigenvalue weighted by Crippen LogP contribution is 2.40. The van der Waals surface area contributed by atoms with Crippen molar-refractivity contribution in [2.24, 2.45) is 0 Å². The Balaban J connectivity index is 1.46. The van der Waals surface area contributed by atoms with Gasteiger partial charge in [0.1, 0.15) is 0 Å². The summed E-state index contributed by atoms with van der Waals surface area (Å²) in [6, 6.07) is 0. The lowest BCUT2D eigenvalue weighted by Gasteiger charge is -2.38. The van der Waals surface area contributed by atoms with Crippen molar-refractivity contribution in [2.75, 3.05) is 13.1 Å². The van der Waals surface area contributed by atoms with Crippen LogP contribution in [0.25, 0.3) is 0 Å². The molecule has 0 N–H and O–H groups in total. The summed E-state index contributed by atoms with van der Waals surface area (Å²) < 4.78 is 0. The molecule has 2 aromatic rings. The van der Waals surface area contributed by atoms with Crippen molar-refractivity contribution in [2.45, 2.75) is 64.6 Å². The number of thiazole rings is 2. The SMILES string of the molecule is Cc1nc(C)c(CN2CCC[C@@]3(CCC(=O)N3Cc3cncs3)CC2)s1. The van der Waals surface area contributed by atoms with Gasteiger partial charge in [-0.1, -0.05) is 0 Å². The highest BCUT2D eigenvalue weighted by Gasteiger charge is 2.45. The molecule has 4 heterocycles. The molecule has 0 unspecified atom stereocenters. The zero-order valence-electron chi connectivity index (χ0n) is 15.5. The van der Waals surface area contributed by atoms with Gasteiger partial charge in [0.05, 0.1) is 22.8 Å². The normalized spacial score (nSPS) is 24.5. The van der Waals surface area contributed by atoms with E-state index in [1.54, 1.807) is 11.3 Å². The third kappa shape index (κ3) is 3.57. The molecule has 2 saturated heterocycles. The molecule has 5 nitrogen and oxygen atoms in total. The van der Waals surface area contributed by atoms with Crippen molar-refractivity contribution in [3.05, 3.63) is 32.2 Å². The summed E-state index contributed by atoms with van der Waals surface area (Å²) >= 11 is 3.47. The zero-order chi connectivity index (χ0) is 18.1. The first-order chi connectivity index (χ1) is 12.6. The van der Waals surface area contributed by atoms with Crippen molar-refractivity contribution in [3.63, 3.8) is 0 Å².